The highest BCUT2D eigenvalue weighted by molar-refractivity contribution is 7.89. The van der Waals surface area contributed by atoms with E-state index in [-0.39, 0.29) is 5.91 Å². The maximum Gasteiger partial charge on any atom is 0.243 e. The van der Waals surface area contributed by atoms with Crippen LogP contribution in [0, 0.1) is 6.92 Å². The predicted molar refractivity (Wildman–Crippen MR) is 103 cm³/mol. The molecule has 0 fully saturated rings. The highest BCUT2D eigenvalue weighted by atomic mass is 32.2. The zero-order valence-electron chi connectivity index (χ0n) is 16.0. The van der Waals surface area contributed by atoms with Crippen LogP contribution >= 0.6 is 0 Å². The number of amides is 1. The number of aromatic nitrogens is 2. The number of fused-ring (bicyclic) bond motifs is 1. The van der Waals surface area contributed by atoms with Gasteiger partial charge < -0.3 is 9.88 Å². The Bertz CT molecular complexity index is 950. The second-order valence-electron chi connectivity index (χ2n) is 6.70. The lowest BCUT2D eigenvalue weighted by Crippen LogP contribution is -2.36. The molecule has 8 heteroatoms. The molecular weight excluding hydrogens is 364 g/mol. The third kappa shape index (κ3) is 3.91. The highest BCUT2D eigenvalue weighted by Gasteiger charge is 2.31. The van der Waals surface area contributed by atoms with E-state index in [1.807, 2.05) is 24.5 Å². The van der Waals surface area contributed by atoms with E-state index in [0.29, 0.717) is 43.9 Å². The van der Waals surface area contributed by atoms with E-state index in [1.165, 1.54) is 4.31 Å². The van der Waals surface area contributed by atoms with Crippen molar-refractivity contribution in [2.45, 2.75) is 58.1 Å². The molecule has 0 aliphatic carbocycles. The van der Waals surface area contributed by atoms with Gasteiger partial charge in [0.15, 0.2) is 0 Å². The smallest absolute Gasteiger partial charge is 0.243 e. The lowest BCUT2D eigenvalue weighted by molar-refractivity contribution is -0.120. The van der Waals surface area contributed by atoms with Crippen LogP contribution in [0.5, 0.6) is 0 Å². The SMILES string of the molecule is CCC(=O)NCc1nc2c(n1CC)CN(S(=O)(=O)c1cccc(C)c1)CC2. The van der Waals surface area contributed by atoms with Gasteiger partial charge in [-0.25, -0.2) is 13.4 Å². The summed E-state index contributed by atoms with van der Waals surface area (Å²) >= 11 is 0. The summed E-state index contributed by atoms with van der Waals surface area (Å²) in [4.78, 5) is 16.5. The number of benzene rings is 1. The number of nitrogens with zero attached hydrogens (tertiary/aromatic N) is 3. The van der Waals surface area contributed by atoms with E-state index in [2.05, 4.69) is 10.3 Å². The summed E-state index contributed by atoms with van der Waals surface area (Å²) in [5.41, 5.74) is 2.76. The summed E-state index contributed by atoms with van der Waals surface area (Å²) in [5, 5.41) is 2.85. The fourth-order valence-electron chi connectivity index (χ4n) is 3.39. The molecular formula is C19H26N4O3S. The van der Waals surface area contributed by atoms with E-state index in [1.54, 1.807) is 25.1 Å². The zero-order valence-corrected chi connectivity index (χ0v) is 16.8. The largest absolute Gasteiger partial charge is 0.349 e. The van der Waals surface area contributed by atoms with Gasteiger partial charge in [0, 0.05) is 25.9 Å². The number of hydrogen-bond acceptors (Lipinski definition) is 4. The van der Waals surface area contributed by atoms with E-state index in [0.717, 1.165) is 22.8 Å². The Kier molecular flexibility index (Phi) is 5.67. The first kappa shape index (κ1) is 19.6. The van der Waals surface area contributed by atoms with Crippen molar-refractivity contribution >= 4 is 15.9 Å². The third-order valence-corrected chi connectivity index (χ3v) is 6.71. The summed E-state index contributed by atoms with van der Waals surface area (Å²) in [6.07, 6.45) is 0.997. The summed E-state index contributed by atoms with van der Waals surface area (Å²) in [5.74, 6) is 0.751. The molecule has 1 amide bonds. The van der Waals surface area contributed by atoms with E-state index < -0.39 is 10.0 Å². The Morgan fingerprint density at radius 3 is 2.74 bits per heavy atom. The average molecular weight is 391 g/mol. The minimum atomic E-state index is -3.55. The molecule has 0 unspecified atom stereocenters. The Morgan fingerprint density at radius 2 is 2.07 bits per heavy atom. The number of hydrogen-bond donors (Lipinski definition) is 1. The number of carbonyl (C=O) groups excluding carboxylic acids is 1. The summed E-state index contributed by atoms with van der Waals surface area (Å²) in [7, 11) is -3.55. The summed E-state index contributed by atoms with van der Waals surface area (Å²) in [6, 6.07) is 6.99. The maximum atomic E-state index is 13.0. The second-order valence-corrected chi connectivity index (χ2v) is 8.64. The number of carbonyl (C=O) groups is 1. The molecule has 0 saturated heterocycles. The first-order valence-corrected chi connectivity index (χ1v) is 10.7. The van der Waals surface area contributed by atoms with E-state index >= 15 is 0 Å². The van der Waals surface area contributed by atoms with Crippen LogP contribution in [0.1, 0.15) is 43.0 Å². The Hall–Kier alpha value is -2.19. The quantitative estimate of drug-likeness (QED) is 0.817. The standard InChI is InChI=1S/C19H26N4O3S/c1-4-19(24)20-12-18-21-16-9-10-22(13-17(16)23(18)5-2)27(25,26)15-8-6-7-14(3)11-15/h6-8,11H,4-5,9-10,12-13H2,1-3H3,(H,20,24). The molecule has 0 radical (unpaired) electrons. The fraction of sp³-hybridized carbons (Fsp3) is 0.474. The normalized spacial score (nSPS) is 14.8. The molecule has 1 aliphatic rings. The van der Waals surface area contributed by atoms with Gasteiger partial charge in [-0.2, -0.15) is 4.31 Å². The Morgan fingerprint density at radius 1 is 1.30 bits per heavy atom. The van der Waals surface area contributed by atoms with Crippen LogP contribution in [0.2, 0.25) is 0 Å². The van der Waals surface area contributed by atoms with Gasteiger partial charge >= 0.3 is 0 Å². The monoisotopic (exact) mass is 390 g/mol. The number of sulfonamides is 1. The maximum absolute atomic E-state index is 13.0. The zero-order chi connectivity index (χ0) is 19.6. The molecule has 3 rings (SSSR count). The number of imidazole rings is 1. The summed E-state index contributed by atoms with van der Waals surface area (Å²) in [6.45, 7) is 7.44. The average Bonchev–Trinajstić information content (AvgIpc) is 3.02. The molecule has 2 heterocycles. The first-order valence-electron chi connectivity index (χ1n) is 9.27. The molecule has 1 aromatic heterocycles. The van der Waals surface area contributed by atoms with Crippen molar-refractivity contribution in [1.82, 2.24) is 19.2 Å². The molecule has 27 heavy (non-hydrogen) atoms. The van der Waals surface area contributed by atoms with Crippen molar-refractivity contribution in [3.05, 3.63) is 47.0 Å². The molecule has 7 nitrogen and oxygen atoms in total. The van der Waals surface area contributed by atoms with Gasteiger partial charge in [-0.3, -0.25) is 4.79 Å². The van der Waals surface area contributed by atoms with E-state index in [4.69, 9.17) is 0 Å². The Labute approximate surface area is 160 Å². The molecule has 0 spiro atoms. The van der Waals surface area contributed by atoms with Crippen molar-refractivity contribution in [2.24, 2.45) is 0 Å². The van der Waals surface area contributed by atoms with Crippen molar-refractivity contribution in [2.75, 3.05) is 6.54 Å². The molecule has 2 aromatic rings. The van der Waals surface area contributed by atoms with Gasteiger partial charge in [0.05, 0.1) is 29.4 Å². The van der Waals surface area contributed by atoms with Crippen LogP contribution in [0.25, 0.3) is 0 Å². The molecule has 1 N–H and O–H groups in total. The van der Waals surface area contributed by atoms with Crippen molar-refractivity contribution in [3.63, 3.8) is 0 Å². The number of nitrogens with one attached hydrogen (secondary N) is 1. The van der Waals surface area contributed by atoms with E-state index in [9.17, 15) is 13.2 Å². The molecule has 1 aliphatic heterocycles. The third-order valence-electron chi connectivity index (χ3n) is 4.87. The summed E-state index contributed by atoms with van der Waals surface area (Å²) < 4.78 is 29.6. The second kappa shape index (κ2) is 7.82. The molecule has 1 aromatic carbocycles. The van der Waals surface area contributed by atoms with Gasteiger partial charge in [-0.15, -0.1) is 0 Å². The minimum Gasteiger partial charge on any atom is -0.349 e. The van der Waals surface area contributed by atoms with Crippen LogP contribution in [-0.2, 0) is 40.9 Å². The predicted octanol–water partition coefficient (Wildman–Crippen LogP) is 1.98. The van der Waals surface area contributed by atoms with Crippen molar-refractivity contribution in [3.8, 4) is 0 Å². The lowest BCUT2D eigenvalue weighted by Gasteiger charge is -2.27. The molecule has 0 saturated carbocycles. The minimum absolute atomic E-state index is 0.0257. The van der Waals surface area contributed by atoms with Gasteiger partial charge in [0.25, 0.3) is 0 Å². The van der Waals surface area contributed by atoms with Gasteiger partial charge in [0.1, 0.15) is 5.82 Å². The Balaban J connectivity index is 1.87. The molecule has 0 atom stereocenters. The van der Waals surface area contributed by atoms with Gasteiger partial charge in [-0.1, -0.05) is 19.1 Å². The number of rotatable bonds is 6. The lowest BCUT2D eigenvalue weighted by atomic mass is 10.2. The van der Waals surface area contributed by atoms with Crippen LogP contribution in [0.3, 0.4) is 0 Å². The van der Waals surface area contributed by atoms with Crippen molar-refractivity contribution in [1.29, 1.82) is 0 Å². The molecule has 146 valence electrons. The fourth-order valence-corrected chi connectivity index (χ4v) is 4.89. The topological polar surface area (TPSA) is 84.3 Å². The first-order chi connectivity index (χ1) is 12.9. The van der Waals surface area contributed by atoms with Crippen LogP contribution in [0.15, 0.2) is 29.2 Å². The molecule has 0 bridgehead atoms. The van der Waals surface area contributed by atoms with Gasteiger partial charge in [-0.05, 0) is 31.5 Å². The van der Waals surface area contributed by atoms with Crippen LogP contribution < -0.4 is 5.32 Å². The number of aryl methyl sites for hydroxylation is 1. The van der Waals surface area contributed by atoms with Gasteiger partial charge in [0.2, 0.25) is 15.9 Å². The van der Waals surface area contributed by atoms with Crippen LogP contribution in [0.4, 0.5) is 0 Å². The van der Waals surface area contributed by atoms with Crippen LogP contribution in [-0.4, -0.2) is 34.7 Å². The van der Waals surface area contributed by atoms with Crippen molar-refractivity contribution < 1.29 is 13.2 Å². The highest BCUT2D eigenvalue weighted by Crippen LogP contribution is 2.26.